The molecule has 0 spiro atoms. The molecule has 3 N–H and O–H groups in total. The predicted molar refractivity (Wildman–Crippen MR) is 83.6 cm³/mol. The molecular formula is C16H20N4. The second kappa shape index (κ2) is 6.19. The second-order valence-electron chi connectivity index (χ2n) is 4.77. The van der Waals surface area contributed by atoms with Gasteiger partial charge in [-0.25, -0.2) is 0 Å². The highest BCUT2D eigenvalue weighted by Crippen LogP contribution is 2.11. The Balaban J connectivity index is 0.000000147. The predicted octanol–water partition coefficient (Wildman–Crippen LogP) is 3.41. The minimum atomic E-state index is 0.856. The fraction of sp³-hybridized carbons (Fsp3) is 0.250. The van der Waals surface area contributed by atoms with Crippen LogP contribution in [-0.4, -0.2) is 15.0 Å². The number of aromatic nitrogens is 3. The second-order valence-corrected chi connectivity index (χ2v) is 4.77. The highest BCUT2D eigenvalue weighted by molar-refractivity contribution is 5.78. The highest BCUT2D eigenvalue weighted by atomic mass is 14.7. The van der Waals surface area contributed by atoms with Crippen LogP contribution < -0.4 is 5.73 Å². The molecule has 0 aliphatic heterocycles. The first-order chi connectivity index (χ1) is 9.60. The Hall–Kier alpha value is -2.36. The van der Waals surface area contributed by atoms with Gasteiger partial charge in [-0.3, -0.25) is 9.97 Å². The van der Waals surface area contributed by atoms with Gasteiger partial charge < -0.3 is 10.7 Å². The maximum atomic E-state index is 5.69. The number of pyridine rings is 2. The van der Waals surface area contributed by atoms with Crippen LogP contribution in [0.3, 0.4) is 0 Å². The van der Waals surface area contributed by atoms with E-state index in [1.54, 1.807) is 0 Å². The summed E-state index contributed by atoms with van der Waals surface area (Å²) in [6.07, 6.45) is 6.59. The van der Waals surface area contributed by atoms with Crippen LogP contribution in [0.4, 0.5) is 5.69 Å². The fourth-order valence-electron chi connectivity index (χ4n) is 1.95. The third kappa shape index (κ3) is 3.35. The summed E-state index contributed by atoms with van der Waals surface area (Å²) in [5, 5.41) is 1.17. The van der Waals surface area contributed by atoms with E-state index in [9.17, 15) is 0 Å². The van der Waals surface area contributed by atoms with Crippen molar-refractivity contribution in [3.63, 3.8) is 0 Å². The van der Waals surface area contributed by atoms with Crippen molar-refractivity contribution in [2.45, 2.75) is 27.2 Å². The maximum absolute atomic E-state index is 5.69. The van der Waals surface area contributed by atoms with Crippen LogP contribution in [0, 0.1) is 13.8 Å². The van der Waals surface area contributed by atoms with E-state index in [0.29, 0.717) is 0 Å². The summed E-state index contributed by atoms with van der Waals surface area (Å²) in [5.41, 5.74) is 10.9. The van der Waals surface area contributed by atoms with Crippen molar-refractivity contribution in [1.29, 1.82) is 0 Å². The highest BCUT2D eigenvalue weighted by Gasteiger charge is 1.95. The molecule has 0 aliphatic carbocycles. The Morgan fingerprint density at radius 1 is 1.10 bits per heavy atom. The zero-order chi connectivity index (χ0) is 14.5. The molecule has 0 saturated carbocycles. The molecule has 20 heavy (non-hydrogen) atoms. The first-order valence-corrected chi connectivity index (χ1v) is 6.71. The number of hydrogen-bond donors (Lipinski definition) is 2. The lowest BCUT2D eigenvalue weighted by Crippen LogP contribution is -1.94. The molecule has 0 fully saturated rings. The van der Waals surface area contributed by atoms with E-state index >= 15 is 0 Å². The SMILES string of the molecule is CCc1cnc(C)cc1N.Cc1cc2[nH]ccc2cn1. The largest absolute Gasteiger partial charge is 0.398 e. The molecule has 4 heteroatoms. The van der Waals surface area contributed by atoms with Gasteiger partial charge in [0.2, 0.25) is 0 Å². The molecule has 0 aromatic carbocycles. The Bertz CT molecular complexity index is 701. The van der Waals surface area contributed by atoms with Crippen molar-refractivity contribution in [3.05, 3.63) is 53.7 Å². The first-order valence-electron chi connectivity index (χ1n) is 6.71. The average molecular weight is 268 g/mol. The lowest BCUT2D eigenvalue weighted by molar-refractivity contribution is 1.08. The standard InChI is InChI=1S/C8H8N2.C8H12N2/c1-6-4-8-7(5-10-6)2-3-9-8;1-3-7-5-10-6(2)4-8(7)9/h2-5,9H,1H3;4-5H,3H2,1-2H3,(H2,9,10). The number of nitrogens with one attached hydrogen (secondary N) is 1. The molecule has 3 aromatic heterocycles. The third-order valence-electron chi connectivity index (χ3n) is 3.11. The lowest BCUT2D eigenvalue weighted by Gasteiger charge is -2.01. The summed E-state index contributed by atoms with van der Waals surface area (Å²) in [7, 11) is 0. The smallest absolute Gasteiger partial charge is 0.0487 e. The van der Waals surface area contributed by atoms with E-state index in [0.717, 1.165) is 34.6 Å². The quantitative estimate of drug-likeness (QED) is 0.710. The van der Waals surface area contributed by atoms with E-state index < -0.39 is 0 Å². The molecule has 3 aromatic rings. The molecule has 0 saturated heterocycles. The number of hydrogen-bond acceptors (Lipinski definition) is 3. The first kappa shape index (κ1) is 14.1. The van der Waals surface area contributed by atoms with Gasteiger partial charge in [-0.2, -0.15) is 0 Å². The van der Waals surface area contributed by atoms with Crippen LogP contribution in [0.5, 0.6) is 0 Å². The Morgan fingerprint density at radius 2 is 1.80 bits per heavy atom. The summed E-state index contributed by atoms with van der Waals surface area (Å²) in [6, 6.07) is 5.95. The van der Waals surface area contributed by atoms with Crippen molar-refractivity contribution in [1.82, 2.24) is 15.0 Å². The monoisotopic (exact) mass is 268 g/mol. The molecular weight excluding hydrogens is 248 g/mol. The Labute approximate surface area is 119 Å². The fourth-order valence-corrected chi connectivity index (χ4v) is 1.95. The number of aryl methyl sites for hydroxylation is 3. The number of nitrogens with two attached hydrogens (primary N) is 1. The molecule has 0 bridgehead atoms. The van der Waals surface area contributed by atoms with Gasteiger partial charge in [0.15, 0.2) is 0 Å². The van der Waals surface area contributed by atoms with Gasteiger partial charge >= 0.3 is 0 Å². The van der Waals surface area contributed by atoms with Crippen LogP contribution in [0.1, 0.15) is 23.9 Å². The van der Waals surface area contributed by atoms with Gasteiger partial charge in [0.1, 0.15) is 0 Å². The molecule has 0 amide bonds. The number of rotatable bonds is 1. The van der Waals surface area contributed by atoms with Gasteiger partial charge in [-0.05, 0) is 44.0 Å². The van der Waals surface area contributed by atoms with Crippen molar-refractivity contribution in [2.24, 2.45) is 0 Å². The van der Waals surface area contributed by atoms with E-state index in [1.807, 2.05) is 50.6 Å². The number of aromatic amines is 1. The van der Waals surface area contributed by atoms with Gasteiger partial charge in [-0.15, -0.1) is 0 Å². The van der Waals surface area contributed by atoms with Crippen LogP contribution in [0.2, 0.25) is 0 Å². The number of fused-ring (bicyclic) bond motifs is 1. The molecule has 3 rings (SSSR count). The Kier molecular flexibility index (Phi) is 4.35. The summed E-state index contributed by atoms with van der Waals surface area (Å²) in [4.78, 5) is 11.4. The maximum Gasteiger partial charge on any atom is 0.0487 e. The normalized spacial score (nSPS) is 10.2. The van der Waals surface area contributed by atoms with Crippen LogP contribution >= 0.6 is 0 Å². The topological polar surface area (TPSA) is 67.6 Å². The van der Waals surface area contributed by atoms with Crippen molar-refractivity contribution < 1.29 is 0 Å². The molecule has 4 nitrogen and oxygen atoms in total. The van der Waals surface area contributed by atoms with Gasteiger partial charge in [0, 0.05) is 46.6 Å². The minimum Gasteiger partial charge on any atom is -0.398 e. The molecule has 0 atom stereocenters. The lowest BCUT2D eigenvalue weighted by atomic mass is 10.2. The molecule has 104 valence electrons. The number of nitrogen functional groups attached to an aromatic ring is 1. The minimum absolute atomic E-state index is 0.856. The van der Waals surface area contributed by atoms with Gasteiger partial charge in [0.05, 0.1) is 0 Å². The van der Waals surface area contributed by atoms with E-state index in [2.05, 4.69) is 21.9 Å². The van der Waals surface area contributed by atoms with Gasteiger partial charge in [-0.1, -0.05) is 6.92 Å². The van der Waals surface area contributed by atoms with Crippen LogP contribution in [0.15, 0.2) is 36.8 Å². The summed E-state index contributed by atoms with van der Waals surface area (Å²) >= 11 is 0. The van der Waals surface area contributed by atoms with Crippen LogP contribution in [0.25, 0.3) is 10.9 Å². The van der Waals surface area contributed by atoms with E-state index in [-0.39, 0.29) is 0 Å². The summed E-state index contributed by atoms with van der Waals surface area (Å²) in [6.45, 7) is 6.00. The van der Waals surface area contributed by atoms with E-state index in [1.165, 1.54) is 5.39 Å². The van der Waals surface area contributed by atoms with Crippen molar-refractivity contribution >= 4 is 16.6 Å². The molecule has 0 aliphatic rings. The number of H-pyrrole nitrogens is 1. The summed E-state index contributed by atoms with van der Waals surface area (Å²) < 4.78 is 0. The zero-order valence-electron chi connectivity index (χ0n) is 12.1. The van der Waals surface area contributed by atoms with Crippen molar-refractivity contribution in [2.75, 3.05) is 5.73 Å². The molecule has 3 heterocycles. The summed E-state index contributed by atoms with van der Waals surface area (Å²) in [5.74, 6) is 0. The number of anilines is 1. The van der Waals surface area contributed by atoms with Gasteiger partial charge in [0.25, 0.3) is 0 Å². The number of nitrogens with zero attached hydrogens (tertiary/aromatic N) is 2. The van der Waals surface area contributed by atoms with Crippen molar-refractivity contribution in [3.8, 4) is 0 Å². The molecule has 0 unspecified atom stereocenters. The Morgan fingerprint density at radius 3 is 2.50 bits per heavy atom. The van der Waals surface area contributed by atoms with Crippen LogP contribution in [-0.2, 0) is 6.42 Å². The third-order valence-corrected chi connectivity index (χ3v) is 3.11. The molecule has 0 radical (unpaired) electrons. The average Bonchev–Trinajstić information content (AvgIpc) is 2.87. The van der Waals surface area contributed by atoms with E-state index in [4.69, 9.17) is 5.73 Å². The zero-order valence-corrected chi connectivity index (χ0v) is 12.1.